The van der Waals surface area contributed by atoms with Crippen molar-refractivity contribution in [1.82, 2.24) is 0 Å². The van der Waals surface area contributed by atoms with E-state index in [4.69, 9.17) is 0 Å². The Kier molecular flexibility index (Phi) is 1870. The summed E-state index contributed by atoms with van der Waals surface area (Å²) in [6.45, 7) is 0. The summed E-state index contributed by atoms with van der Waals surface area (Å²) in [5.74, 6) is 0. The molecule has 0 radical (unpaired) electrons. The third-order valence-corrected chi connectivity index (χ3v) is 0. The first-order chi connectivity index (χ1) is 0. The van der Waals surface area contributed by atoms with Crippen molar-refractivity contribution in [1.29, 1.82) is 0 Å². The Morgan fingerprint density at radius 2 is 0.571 bits per heavy atom. The summed E-state index contributed by atoms with van der Waals surface area (Å²) < 4.78 is 0. The Labute approximate surface area is 88.4 Å². The fourth-order valence-corrected chi connectivity index (χ4v) is 0. The van der Waals surface area contributed by atoms with Crippen LogP contribution >= 0.6 is 0 Å². The molecule has 32 valence electrons. The van der Waals surface area contributed by atoms with Crippen LogP contribution in [0.15, 0.2) is 0 Å². The summed E-state index contributed by atoms with van der Waals surface area (Å²) in [5.41, 5.74) is 0. The Morgan fingerprint density at radius 3 is 0.571 bits per heavy atom. The summed E-state index contributed by atoms with van der Waals surface area (Å²) in [7, 11) is 0. The predicted molar refractivity (Wildman–Crippen MR) is 2.75 cm³/mol. The largest absolute Gasteiger partial charge is 4.00 e. The summed E-state index contributed by atoms with van der Waals surface area (Å²) in [6, 6.07) is 0. The van der Waals surface area contributed by atoms with Gasteiger partial charge in [0.15, 0.2) is 0 Å². The van der Waals surface area contributed by atoms with E-state index in [1.807, 2.05) is 0 Å². The molecule has 0 amide bonds. The smallest absolute Gasteiger partial charge is 2.00 e. The molecule has 0 aromatic rings. The normalized spacial score (nSPS) is 0. The summed E-state index contributed by atoms with van der Waals surface area (Å²) in [4.78, 5) is 0. The molecule has 7 heavy (non-hydrogen) atoms. The minimum Gasteiger partial charge on any atom is -2.00 e. The van der Waals surface area contributed by atoms with Gasteiger partial charge in [-0.3, -0.25) is 0 Å². The standard InChI is InChI=1S/4O.Ti.Zn.Zr/q4*-2;+4;+2;+4. The molecule has 0 heterocycles. The summed E-state index contributed by atoms with van der Waals surface area (Å²) in [6.07, 6.45) is 0. The minimum atomic E-state index is 0. The van der Waals surface area contributed by atoms with Crippen LogP contribution in [0.1, 0.15) is 0 Å². The fraction of sp³-hybridized carbons (Fsp3) is 0. The van der Waals surface area contributed by atoms with Crippen LogP contribution < -0.4 is 0 Å². The van der Waals surface area contributed by atoms with E-state index < -0.39 is 0 Å². The molecule has 0 unspecified atom stereocenters. The average Bonchev–Trinajstić information content (AvgIpc) is 0. The van der Waals surface area contributed by atoms with Crippen molar-refractivity contribution in [2.45, 2.75) is 0 Å². The zero-order chi connectivity index (χ0) is 0. The van der Waals surface area contributed by atoms with Crippen LogP contribution in [0.3, 0.4) is 0 Å². The van der Waals surface area contributed by atoms with Crippen LogP contribution in [0.25, 0.3) is 0 Å². The van der Waals surface area contributed by atoms with Gasteiger partial charge in [-0.1, -0.05) is 0 Å². The molecule has 0 atom stereocenters. The van der Waals surface area contributed by atoms with Crippen LogP contribution in [0.4, 0.5) is 0 Å². The van der Waals surface area contributed by atoms with Gasteiger partial charge in [0.05, 0.1) is 0 Å². The second kappa shape index (κ2) is 94.6. The van der Waals surface area contributed by atoms with Crippen molar-refractivity contribution < 1.29 is 89.3 Å². The second-order valence-electron chi connectivity index (χ2n) is 0. The van der Waals surface area contributed by atoms with Gasteiger partial charge in [0.25, 0.3) is 0 Å². The zero-order valence-corrected chi connectivity index (χ0v) is 10.3. The summed E-state index contributed by atoms with van der Waals surface area (Å²) >= 11 is 0. The molecule has 0 saturated heterocycles. The maximum Gasteiger partial charge on any atom is 4.00 e. The van der Waals surface area contributed by atoms with Crippen molar-refractivity contribution >= 4 is 0 Å². The van der Waals surface area contributed by atoms with Gasteiger partial charge < -0.3 is 21.9 Å². The van der Waals surface area contributed by atoms with Gasteiger partial charge in [-0.05, 0) is 0 Å². The monoisotopic (exact) mass is 266 g/mol. The number of rotatable bonds is 0. The fourth-order valence-electron chi connectivity index (χ4n) is 0. The molecular weight excluding hydrogens is 268 g/mol. The third-order valence-electron chi connectivity index (χ3n) is 0. The number of hydrogen-bond acceptors (Lipinski definition) is 0. The van der Waals surface area contributed by atoms with Gasteiger partial charge in [0, 0.05) is 0 Å². The zero-order valence-electron chi connectivity index (χ0n) is 3.34. The van der Waals surface area contributed by atoms with E-state index in [-0.39, 0.29) is 89.3 Å². The predicted octanol–water partition coefficient (Wildman–Crippen LogP) is -0.483. The van der Waals surface area contributed by atoms with Gasteiger partial charge in [0.1, 0.15) is 0 Å². The van der Waals surface area contributed by atoms with Gasteiger partial charge in [-0.2, -0.15) is 0 Å². The van der Waals surface area contributed by atoms with Crippen molar-refractivity contribution in [2.75, 3.05) is 0 Å². The first kappa shape index (κ1) is 139. The van der Waals surface area contributed by atoms with E-state index in [0.29, 0.717) is 0 Å². The van der Waals surface area contributed by atoms with E-state index in [0.717, 1.165) is 0 Å². The van der Waals surface area contributed by atoms with E-state index in [9.17, 15) is 0 Å². The molecule has 0 spiro atoms. The number of hydrogen-bond donors (Lipinski definition) is 0. The maximum atomic E-state index is 0. The molecule has 0 rings (SSSR count). The van der Waals surface area contributed by atoms with Crippen molar-refractivity contribution in [3.05, 3.63) is 0 Å². The minimum absolute atomic E-state index is 0. The maximum absolute atomic E-state index is 0. The van der Waals surface area contributed by atoms with Gasteiger partial charge in [0.2, 0.25) is 0 Å². The van der Waals surface area contributed by atoms with Crippen molar-refractivity contribution in [3.63, 3.8) is 0 Å². The Balaban J connectivity index is 0. The van der Waals surface area contributed by atoms with E-state index in [1.165, 1.54) is 0 Å². The quantitative estimate of drug-likeness (QED) is 0.528. The molecule has 0 bridgehead atoms. The van der Waals surface area contributed by atoms with Crippen LogP contribution in [0.2, 0.25) is 0 Å². The molecular formula is O4TiZnZr+2. The molecule has 0 aliphatic heterocycles. The molecule has 4 nitrogen and oxygen atoms in total. The molecule has 0 aromatic heterocycles. The Morgan fingerprint density at radius 1 is 0.571 bits per heavy atom. The van der Waals surface area contributed by atoms with Crippen LogP contribution in [-0.4, -0.2) is 0 Å². The van der Waals surface area contributed by atoms with E-state index in [1.54, 1.807) is 0 Å². The average molecular weight is 268 g/mol. The Bertz CT molecular complexity index is 11.7. The molecule has 7 heteroatoms. The van der Waals surface area contributed by atoms with Crippen LogP contribution in [0, 0.1) is 0 Å². The van der Waals surface area contributed by atoms with E-state index in [2.05, 4.69) is 0 Å². The topological polar surface area (TPSA) is 114 Å². The molecule has 0 fully saturated rings. The van der Waals surface area contributed by atoms with Crippen molar-refractivity contribution in [3.8, 4) is 0 Å². The van der Waals surface area contributed by atoms with Gasteiger partial charge in [-0.25, -0.2) is 0 Å². The molecule has 0 aliphatic carbocycles. The Hall–Kier alpha value is 2.06. The first-order valence-corrected chi connectivity index (χ1v) is 0. The van der Waals surface area contributed by atoms with Crippen LogP contribution in [-0.2, 0) is 89.3 Å². The SMILES string of the molecule is [O-2].[O-2].[O-2].[O-2].[Ti+4].[Zn+2].[Zr+4]. The van der Waals surface area contributed by atoms with Crippen LogP contribution in [0.5, 0.6) is 0 Å². The van der Waals surface area contributed by atoms with E-state index >= 15 is 0 Å². The second-order valence-corrected chi connectivity index (χ2v) is 0. The third kappa shape index (κ3) is 69.7. The van der Waals surface area contributed by atoms with Crippen molar-refractivity contribution in [2.24, 2.45) is 0 Å². The van der Waals surface area contributed by atoms with Gasteiger partial charge >= 0.3 is 67.4 Å². The van der Waals surface area contributed by atoms with Gasteiger partial charge in [-0.15, -0.1) is 0 Å². The molecule has 0 aliphatic rings. The molecule has 0 N–H and O–H groups in total. The molecule has 0 aromatic carbocycles. The first-order valence-electron chi connectivity index (χ1n) is 0. The summed E-state index contributed by atoms with van der Waals surface area (Å²) in [5, 5.41) is 0. The molecule has 0 saturated carbocycles.